The van der Waals surface area contributed by atoms with Gasteiger partial charge in [-0.1, -0.05) is 30.3 Å². The van der Waals surface area contributed by atoms with Gasteiger partial charge in [0.1, 0.15) is 0 Å². The van der Waals surface area contributed by atoms with Crippen molar-refractivity contribution in [1.29, 1.82) is 0 Å². The summed E-state index contributed by atoms with van der Waals surface area (Å²) in [6.07, 6.45) is -0.108. The van der Waals surface area contributed by atoms with Crippen molar-refractivity contribution in [2.24, 2.45) is 0 Å². The lowest BCUT2D eigenvalue weighted by Gasteiger charge is -2.23. The van der Waals surface area contributed by atoms with Crippen molar-refractivity contribution in [1.82, 2.24) is 0 Å². The van der Waals surface area contributed by atoms with Crippen LogP contribution in [-0.2, 0) is 14.9 Å². The van der Waals surface area contributed by atoms with Crippen molar-refractivity contribution in [2.45, 2.75) is 45.4 Å². The zero-order valence-electron chi connectivity index (χ0n) is 12.8. The molecule has 116 valence electrons. The Bertz CT molecular complexity index is 489. The van der Waals surface area contributed by atoms with Gasteiger partial charge in [0, 0.05) is 0 Å². The summed E-state index contributed by atoms with van der Waals surface area (Å²) in [5, 5.41) is 0. The molecule has 0 bridgehead atoms. The Balaban J connectivity index is 2.39. The second kappa shape index (κ2) is 7.91. The van der Waals surface area contributed by atoms with Gasteiger partial charge in [0.15, 0.2) is 0 Å². The van der Waals surface area contributed by atoms with E-state index in [-0.39, 0.29) is 18.1 Å². The van der Waals surface area contributed by atoms with Crippen molar-refractivity contribution >= 4 is 5.97 Å². The van der Waals surface area contributed by atoms with Crippen LogP contribution < -0.4 is 0 Å². The molecule has 1 aromatic rings. The molecular weight excluding hydrogens is 274 g/mol. The summed E-state index contributed by atoms with van der Waals surface area (Å²) >= 11 is 0. The van der Waals surface area contributed by atoms with Crippen LogP contribution in [0.2, 0.25) is 0 Å². The highest BCUT2D eigenvalue weighted by molar-refractivity contribution is 5.82. The van der Waals surface area contributed by atoms with Gasteiger partial charge < -0.3 is 4.74 Å². The van der Waals surface area contributed by atoms with E-state index in [9.17, 15) is 13.6 Å². The first-order chi connectivity index (χ1) is 9.85. The molecule has 0 saturated carbocycles. The van der Waals surface area contributed by atoms with Gasteiger partial charge in [-0.3, -0.25) is 4.79 Å². The molecule has 1 aromatic carbocycles. The van der Waals surface area contributed by atoms with Gasteiger partial charge in [0.05, 0.1) is 12.0 Å². The van der Waals surface area contributed by atoms with Gasteiger partial charge in [0.25, 0.3) is 6.08 Å². The van der Waals surface area contributed by atoms with Crippen LogP contribution in [0.5, 0.6) is 0 Å². The minimum Gasteiger partial charge on any atom is -0.465 e. The molecule has 0 aliphatic rings. The van der Waals surface area contributed by atoms with Crippen molar-refractivity contribution in [3.8, 4) is 0 Å². The second-order valence-electron chi connectivity index (χ2n) is 5.62. The fourth-order valence-electron chi connectivity index (χ4n) is 1.90. The van der Waals surface area contributed by atoms with Crippen LogP contribution in [0.1, 0.15) is 45.6 Å². The Morgan fingerprint density at radius 2 is 1.76 bits per heavy atom. The average molecular weight is 296 g/mol. The molecule has 0 aliphatic heterocycles. The summed E-state index contributed by atoms with van der Waals surface area (Å²) in [5.74, 6) is -0.294. The quantitative estimate of drug-likeness (QED) is 0.531. The maximum atomic E-state index is 12.2. The zero-order valence-corrected chi connectivity index (χ0v) is 12.8. The predicted molar refractivity (Wildman–Crippen MR) is 79.2 cm³/mol. The third kappa shape index (κ3) is 5.29. The van der Waals surface area contributed by atoms with E-state index in [1.165, 1.54) is 6.92 Å². The number of allylic oxidation sites excluding steroid dienone is 1. The fourth-order valence-corrected chi connectivity index (χ4v) is 1.90. The van der Waals surface area contributed by atoms with Gasteiger partial charge in [-0.2, -0.15) is 8.78 Å². The van der Waals surface area contributed by atoms with E-state index >= 15 is 0 Å². The smallest absolute Gasteiger partial charge is 0.315 e. The number of halogens is 2. The average Bonchev–Trinajstić information content (AvgIpc) is 2.47. The van der Waals surface area contributed by atoms with E-state index in [1.54, 1.807) is 0 Å². The van der Waals surface area contributed by atoms with Crippen LogP contribution in [-0.4, -0.2) is 12.6 Å². The topological polar surface area (TPSA) is 26.3 Å². The van der Waals surface area contributed by atoms with Crippen molar-refractivity contribution in [3.05, 3.63) is 47.5 Å². The Labute approximate surface area is 124 Å². The number of benzene rings is 1. The first kappa shape index (κ1) is 17.3. The number of unbranched alkanes of at least 4 members (excludes halogenated alkanes) is 1. The number of hydrogen-bond donors (Lipinski definition) is 0. The van der Waals surface area contributed by atoms with E-state index in [0.29, 0.717) is 19.3 Å². The molecule has 0 aromatic heterocycles. The highest BCUT2D eigenvalue weighted by atomic mass is 19.3. The number of ether oxygens (including phenoxy) is 1. The van der Waals surface area contributed by atoms with Crippen LogP contribution in [0.3, 0.4) is 0 Å². The minimum absolute atomic E-state index is 0.103. The van der Waals surface area contributed by atoms with Gasteiger partial charge in [-0.25, -0.2) is 0 Å². The summed E-state index contributed by atoms with van der Waals surface area (Å²) < 4.78 is 29.7. The molecule has 0 radical (unpaired) electrons. The maximum absolute atomic E-state index is 12.2. The molecule has 0 spiro atoms. The first-order valence-electron chi connectivity index (χ1n) is 7.09. The molecule has 1 rings (SSSR count). The first-order valence-corrected chi connectivity index (χ1v) is 7.09. The Morgan fingerprint density at radius 1 is 1.14 bits per heavy atom. The fraction of sp³-hybridized carbons (Fsp3) is 0.471. The lowest BCUT2D eigenvalue weighted by Crippen LogP contribution is -2.31. The molecule has 0 unspecified atom stereocenters. The summed E-state index contributed by atoms with van der Waals surface area (Å²) in [4.78, 5) is 12.1. The molecule has 0 saturated heterocycles. The van der Waals surface area contributed by atoms with E-state index in [1.807, 2.05) is 44.2 Å². The summed E-state index contributed by atoms with van der Waals surface area (Å²) in [6, 6.07) is 9.43. The van der Waals surface area contributed by atoms with Crippen molar-refractivity contribution in [3.63, 3.8) is 0 Å². The van der Waals surface area contributed by atoms with Crippen LogP contribution in [0.4, 0.5) is 8.78 Å². The van der Waals surface area contributed by atoms with Crippen LogP contribution >= 0.6 is 0 Å². The summed E-state index contributed by atoms with van der Waals surface area (Å²) in [7, 11) is 0. The van der Waals surface area contributed by atoms with E-state index in [2.05, 4.69) is 0 Å². The number of hydrogen-bond acceptors (Lipinski definition) is 2. The molecule has 0 heterocycles. The molecule has 0 N–H and O–H groups in total. The Kier molecular flexibility index (Phi) is 6.53. The number of carbonyl (C=O) groups is 1. The molecule has 0 atom stereocenters. The largest absolute Gasteiger partial charge is 0.465 e. The zero-order chi connectivity index (χ0) is 15.9. The highest BCUT2D eigenvalue weighted by Gasteiger charge is 2.31. The number of esters is 1. The summed E-state index contributed by atoms with van der Waals surface area (Å²) in [5.41, 5.74) is 0.293. The highest BCUT2D eigenvalue weighted by Crippen LogP contribution is 2.24. The molecule has 4 heteroatoms. The predicted octanol–water partition coefficient (Wildman–Crippen LogP) is 4.85. The van der Waals surface area contributed by atoms with Crippen LogP contribution in [0.15, 0.2) is 42.0 Å². The lowest BCUT2D eigenvalue weighted by atomic mass is 9.85. The third-order valence-corrected chi connectivity index (χ3v) is 3.51. The Hall–Kier alpha value is -1.71. The lowest BCUT2D eigenvalue weighted by molar-refractivity contribution is -0.149. The molecule has 2 nitrogen and oxygen atoms in total. The number of carbonyl (C=O) groups excluding carboxylic acids is 1. The van der Waals surface area contributed by atoms with Crippen molar-refractivity contribution < 1.29 is 18.3 Å². The normalized spacial score (nSPS) is 11.1. The molecule has 0 aliphatic carbocycles. The van der Waals surface area contributed by atoms with E-state index < -0.39 is 11.5 Å². The molecular formula is C17H22F2O2. The Morgan fingerprint density at radius 3 is 2.33 bits per heavy atom. The number of rotatable bonds is 7. The monoisotopic (exact) mass is 296 g/mol. The van der Waals surface area contributed by atoms with Gasteiger partial charge in [0.2, 0.25) is 0 Å². The van der Waals surface area contributed by atoms with E-state index in [0.717, 1.165) is 5.56 Å². The van der Waals surface area contributed by atoms with Crippen LogP contribution in [0.25, 0.3) is 0 Å². The molecule has 0 fully saturated rings. The van der Waals surface area contributed by atoms with Crippen molar-refractivity contribution in [2.75, 3.05) is 6.61 Å². The van der Waals surface area contributed by atoms with Crippen LogP contribution in [0, 0.1) is 0 Å². The van der Waals surface area contributed by atoms with Gasteiger partial charge in [-0.15, -0.1) is 0 Å². The maximum Gasteiger partial charge on any atom is 0.315 e. The molecule has 21 heavy (non-hydrogen) atoms. The molecule has 0 amide bonds. The van der Waals surface area contributed by atoms with E-state index in [4.69, 9.17) is 4.74 Å². The standard InChI is InChI=1S/C17H22F2O2/c1-13(15(18)19)9-7-8-12-21-16(20)17(2,3)14-10-5-4-6-11-14/h4-6,10-11H,7-9,12H2,1-3H3. The SMILES string of the molecule is CC(CCCCOC(=O)C(C)(C)c1ccccc1)=C(F)F. The third-order valence-electron chi connectivity index (χ3n) is 3.51. The minimum atomic E-state index is -1.61. The van der Waals surface area contributed by atoms with Gasteiger partial charge >= 0.3 is 5.97 Å². The second-order valence-corrected chi connectivity index (χ2v) is 5.62. The van der Waals surface area contributed by atoms with Gasteiger partial charge in [-0.05, 0) is 51.2 Å². The summed E-state index contributed by atoms with van der Waals surface area (Å²) in [6.45, 7) is 5.31.